The van der Waals surface area contributed by atoms with Crippen molar-refractivity contribution in [1.29, 1.82) is 0 Å². The number of para-hydroxylation sites is 1. The van der Waals surface area contributed by atoms with Gasteiger partial charge in [-0.15, -0.1) is 0 Å². The van der Waals surface area contributed by atoms with Gasteiger partial charge in [0.1, 0.15) is 5.82 Å². The highest BCUT2D eigenvalue weighted by atomic mass is 15.2. The summed E-state index contributed by atoms with van der Waals surface area (Å²) in [7, 11) is 0. The van der Waals surface area contributed by atoms with E-state index in [4.69, 9.17) is 4.98 Å². The lowest BCUT2D eigenvalue weighted by atomic mass is 10.1. The maximum atomic E-state index is 4.94. The molecule has 1 saturated heterocycles. The molecule has 2 aromatic rings. The van der Waals surface area contributed by atoms with Crippen LogP contribution in [0.5, 0.6) is 0 Å². The van der Waals surface area contributed by atoms with Crippen molar-refractivity contribution in [2.24, 2.45) is 5.92 Å². The van der Waals surface area contributed by atoms with Crippen molar-refractivity contribution in [2.75, 3.05) is 24.5 Å². The predicted octanol–water partition coefficient (Wildman–Crippen LogP) is 3.58. The molecule has 0 aliphatic carbocycles. The second-order valence-corrected chi connectivity index (χ2v) is 6.38. The van der Waals surface area contributed by atoms with E-state index < -0.39 is 0 Å². The first kappa shape index (κ1) is 14.3. The molecule has 1 aliphatic rings. The fourth-order valence-corrected chi connectivity index (χ4v) is 2.98. The average molecular weight is 283 g/mol. The zero-order chi connectivity index (χ0) is 14.7. The summed E-state index contributed by atoms with van der Waals surface area (Å²) in [6.07, 6.45) is 2.57. The molecular weight excluding hydrogens is 258 g/mol. The van der Waals surface area contributed by atoms with E-state index in [1.807, 2.05) is 0 Å². The third-order valence-corrected chi connectivity index (χ3v) is 4.05. The van der Waals surface area contributed by atoms with Crippen molar-refractivity contribution in [3.8, 4) is 0 Å². The Morgan fingerprint density at radius 3 is 2.71 bits per heavy atom. The summed E-state index contributed by atoms with van der Waals surface area (Å²) < 4.78 is 0. The molecule has 1 aliphatic heterocycles. The minimum Gasteiger partial charge on any atom is -0.356 e. The Morgan fingerprint density at radius 1 is 1.19 bits per heavy atom. The van der Waals surface area contributed by atoms with Crippen molar-refractivity contribution in [1.82, 2.24) is 10.3 Å². The largest absolute Gasteiger partial charge is 0.356 e. The molecule has 0 saturated carbocycles. The van der Waals surface area contributed by atoms with Gasteiger partial charge < -0.3 is 10.2 Å². The smallest absolute Gasteiger partial charge is 0.133 e. The van der Waals surface area contributed by atoms with Crippen LogP contribution in [0.25, 0.3) is 10.9 Å². The molecule has 0 unspecified atom stereocenters. The molecular formula is C18H25N3. The fourth-order valence-electron chi connectivity index (χ4n) is 2.98. The normalized spacial score (nSPS) is 15.3. The standard InChI is InChI=1S/C18H25N3/c1-14(2)12-19-13-16-11-15-7-3-4-8-17(15)20-18(16)21-9-5-6-10-21/h3-4,7-8,11,14,19H,5-6,9-10,12-13H2,1-2H3. The molecule has 112 valence electrons. The van der Waals surface area contributed by atoms with Gasteiger partial charge in [-0.2, -0.15) is 0 Å². The number of anilines is 1. The fraction of sp³-hybridized carbons (Fsp3) is 0.500. The Bertz CT molecular complexity index is 600. The number of hydrogen-bond donors (Lipinski definition) is 1. The molecule has 3 heteroatoms. The number of benzene rings is 1. The Labute approximate surface area is 127 Å². The van der Waals surface area contributed by atoms with Gasteiger partial charge in [0.2, 0.25) is 0 Å². The third-order valence-electron chi connectivity index (χ3n) is 4.05. The SMILES string of the molecule is CC(C)CNCc1cc2ccccc2nc1N1CCCC1. The minimum absolute atomic E-state index is 0.675. The molecule has 1 fully saturated rings. The first-order valence-corrected chi connectivity index (χ1v) is 8.08. The van der Waals surface area contributed by atoms with Gasteiger partial charge in [0.25, 0.3) is 0 Å². The molecule has 0 radical (unpaired) electrons. The van der Waals surface area contributed by atoms with E-state index in [1.165, 1.54) is 29.6 Å². The molecule has 0 atom stereocenters. The second-order valence-electron chi connectivity index (χ2n) is 6.38. The molecule has 0 amide bonds. The first-order chi connectivity index (χ1) is 10.2. The van der Waals surface area contributed by atoms with E-state index in [9.17, 15) is 0 Å². The molecule has 2 heterocycles. The van der Waals surface area contributed by atoms with Crippen molar-refractivity contribution >= 4 is 16.7 Å². The molecule has 3 rings (SSSR count). The zero-order valence-corrected chi connectivity index (χ0v) is 13.1. The Kier molecular flexibility index (Phi) is 4.39. The summed E-state index contributed by atoms with van der Waals surface area (Å²) in [5, 5.41) is 4.80. The van der Waals surface area contributed by atoms with Gasteiger partial charge in [0.05, 0.1) is 5.52 Å². The van der Waals surface area contributed by atoms with Gasteiger partial charge in [0.15, 0.2) is 0 Å². The summed E-state index contributed by atoms with van der Waals surface area (Å²) >= 11 is 0. The Hall–Kier alpha value is -1.61. The topological polar surface area (TPSA) is 28.2 Å². The van der Waals surface area contributed by atoms with Crippen molar-refractivity contribution < 1.29 is 0 Å². The number of rotatable bonds is 5. The lowest BCUT2D eigenvalue weighted by Crippen LogP contribution is -2.24. The number of nitrogens with zero attached hydrogens (tertiary/aromatic N) is 2. The highest BCUT2D eigenvalue weighted by Gasteiger charge is 2.17. The van der Waals surface area contributed by atoms with E-state index in [0.717, 1.165) is 31.7 Å². The van der Waals surface area contributed by atoms with Gasteiger partial charge in [-0.25, -0.2) is 4.98 Å². The third kappa shape index (κ3) is 3.35. The van der Waals surface area contributed by atoms with Gasteiger partial charge >= 0.3 is 0 Å². The van der Waals surface area contributed by atoms with Crippen LogP contribution in [-0.2, 0) is 6.54 Å². The van der Waals surface area contributed by atoms with Crippen molar-refractivity contribution in [2.45, 2.75) is 33.2 Å². The van der Waals surface area contributed by atoms with Crippen LogP contribution >= 0.6 is 0 Å². The van der Waals surface area contributed by atoms with E-state index in [-0.39, 0.29) is 0 Å². The van der Waals surface area contributed by atoms with Crippen LogP contribution in [0, 0.1) is 5.92 Å². The number of nitrogens with one attached hydrogen (secondary N) is 1. The lowest BCUT2D eigenvalue weighted by Gasteiger charge is -2.21. The summed E-state index contributed by atoms with van der Waals surface area (Å²) in [5.41, 5.74) is 2.43. The highest BCUT2D eigenvalue weighted by Crippen LogP contribution is 2.26. The molecule has 0 bridgehead atoms. The Morgan fingerprint density at radius 2 is 1.95 bits per heavy atom. The van der Waals surface area contributed by atoms with Crippen LogP contribution in [0.3, 0.4) is 0 Å². The van der Waals surface area contributed by atoms with Crippen LogP contribution in [0.15, 0.2) is 30.3 Å². The van der Waals surface area contributed by atoms with E-state index >= 15 is 0 Å². The van der Waals surface area contributed by atoms with Crippen LogP contribution < -0.4 is 10.2 Å². The number of hydrogen-bond acceptors (Lipinski definition) is 3. The quantitative estimate of drug-likeness (QED) is 0.909. The van der Waals surface area contributed by atoms with E-state index in [2.05, 4.69) is 54.4 Å². The maximum absolute atomic E-state index is 4.94. The molecule has 21 heavy (non-hydrogen) atoms. The molecule has 0 spiro atoms. The number of aromatic nitrogens is 1. The van der Waals surface area contributed by atoms with Gasteiger partial charge in [-0.1, -0.05) is 32.0 Å². The van der Waals surface area contributed by atoms with Crippen molar-refractivity contribution in [3.63, 3.8) is 0 Å². The summed E-state index contributed by atoms with van der Waals surface area (Å²) in [6, 6.07) is 10.7. The monoisotopic (exact) mass is 283 g/mol. The Balaban J connectivity index is 1.91. The van der Waals surface area contributed by atoms with Gasteiger partial charge in [-0.05, 0) is 37.4 Å². The molecule has 3 nitrogen and oxygen atoms in total. The van der Waals surface area contributed by atoms with Crippen molar-refractivity contribution in [3.05, 3.63) is 35.9 Å². The summed E-state index contributed by atoms with van der Waals surface area (Å²) in [4.78, 5) is 7.38. The number of pyridine rings is 1. The summed E-state index contributed by atoms with van der Waals surface area (Å²) in [5.74, 6) is 1.86. The van der Waals surface area contributed by atoms with Crippen LogP contribution in [0.4, 0.5) is 5.82 Å². The zero-order valence-electron chi connectivity index (χ0n) is 13.1. The van der Waals surface area contributed by atoms with Crippen LogP contribution in [0.1, 0.15) is 32.3 Å². The average Bonchev–Trinajstić information content (AvgIpc) is 3.00. The molecule has 1 aromatic carbocycles. The number of fused-ring (bicyclic) bond motifs is 1. The maximum Gasteiger partial charge on any atom is 0.133 e. The van der Waals surface area contributed by atoms with Crippen LogP contribution in [-0.4, -0.2) is 24.6 Å². The highest BCUT2D eigenvalue weighted by molar-refractivity contribution is 5.81. The predicted molar refractivity (Wildman–Crippen MR) is 89.7 cm³/mol. The summed E-state index contributed by atoms with van der Waals surface area (Å²) in [6.45, 7) is 8.72. The van der Waals surface area contributed by atoms with Gasteiger partial charge in [0, 0.05) is 30.6 Å². The lowest BCUT2D eigenvalue weighted by molar-refractivity contribution is 0.552. The van der Waals surface area contributed by atoms with Crippen LogP contribution in [0.2, 0.25) is 0 Å². The van der Waals surface area contributed by atoms with E-state index in [1.54, 1.807) is 0 Å². The molecule has 1 N–H and O–H groups in total. The first-order valence-electron chi connectivity index (χ1n) is 8.08. The van der Waals surface area contributed by atoms with Gasteiger partial charge in [-0.3, -0.25) is 0 Å². The molecule has 1 aromatic heterocycles. The minimum atomic E-state index is 0.675. The van der Waals surface area contributed by atoms with E-state index in [0.29, 0.717) is 5.92 Å². The second kappa shape index (κ2) is 6.44.